The van der Waals surface area contributed by atoms with Crippen molar-refractivity contribution in [3.8, 4) is 6.07 Å². The fourth-order valence-corrected chi connectivity index (χ4v) is 5.11. The molecule has 0 bridgehead atoms. The minimum absolute atomic E-state index is 0.284. The molecule has 2 saturated carbocycles. The normalized spacial score (nSPS) is 21.5. The molecule has 7 nitrogen and oxygen atoms in total. The highest BCUT2D eigenvalue weighted by atomic mass is 35.5. The molecule has 9 heteroatoms. The van der Waals surface area contributed by atoms with Crippen molar-refractivity contribution in [2.75, 3.05) is 10.6 Å². The molecule has 36 heavy (non-hydrogen) atoms. The van der Waals surface area contributed by atoms with E-state index in [-0.39, 0.29) is 11.9 Å². The van der Waals surface area contributed by atoms with Crippen molar-refractivity contribution in [2.45, 2.75) is 50.7 Å². The summed E-state index contributed by atoms with van der Waals surface area (Å²) < 4.78 is 13.7. The van der Waals surface area contributed by atoms with E-state index in [2.05, 4.69) is 50.8 Å². The van der Waals surface area contributed by atoms with Crippen molar-refractivity contribution in [1.29, 1.82) is 5.26 Å². The van der Waals surface area contributed by atoms with Gasteiger partial charge in [0.25, 0.3) is 0 Å². The van der Waals surface area contributed by atoms with Crippen molar-refractivity contribution >= 4 is 33.9 Å². The van der Waals surface area contributed by atoms with Gasteiger partial charge in [0.05, 0.1) is 33.5 Å². The van der Waals surface area contributed by atoms with Crippen LogP contribution in [0.1, 0.15) is 49.8 Å². The van der Waals surface area contributed by atoms with Crippen LogP contribution in [0.25, 0.3) is 10.9 Å². The zero-order chi connectivity index (χ0) is 24.8. The predicted molar refractivity (Wildman–Crippen MR) is 139 cm³/mol. The van der Waals surface area contributed by atoms with E-state index >= 15 is 0 Å². The minimum atomic E-state index is -0.285. The third-order valence-corrected chi connectivity index (χ3v) is 7.48. The molecule has 0 amide bonds. The van der Waals surface area contributed by atoms with Crippen molar-refractivity contribution < 1.29 is 4.39 Å². The van der Waals surface area contributed by atoms with Crippen LogP contribution in [0, 0.1) is 23.1 Å². The number of hydrazine groups is 2. The largest absolute Gasteiger partial charge is 0.380 e. The molecule has 184 valence electrons. The number of halogens is 2. The lowest BCUT2D eigenvalue weighted by Gasteiger charge is -2.22. The summed E-state index contributed by atoms with van der Waals surface area (Å²) in [4.78, 5) is 4.48. The van der Waals surface area contributed by atoms with E-state index in [0.717, 1.165) is 53.7 Å². The van der Waals surface area contributed by atoms with E-state index in [1.54, 1.807) is 18.3 Å². The fourth-order valence-electron chi connectivity index (χ4n) is 4.85. The zero-order valence-electron chi connectivity index (χ0n) is 19.9. The molecule has 3 aliphatic rings. The number of hydrogen-bond donors (Lipinski definition) is 4. The Morgan fingerprint density at radius 2 is 2.08 bits per heavy atom. The van der Waals surface area contributed by atoms with Crippen LogP contribution in [0.4, 0.5) is 15.8 Å². The Labute approximate surface area is 214 Å². The van der Waals surface area contributed by atoms with Gasteiger partial charge in [0.1, 0.15) is 11.9 Å². The number of hydrogen-bond acceptors (Lipinski definition) is 7. The van der Waals surface area contributed by atoms with Gasteiger partial charge in [-0.15, -0.1) is 5.53 Å². The summed E-state index contributed by atoms with van der Waals surface area (Å²) in [6, 6.07) is 13.1. The second-order valence-electron chi connectivity index (χ2n) is 9.76. The lowest BCUT2D eigenvalue weighted by Crippen LogP contribution is -2.38. The van der Waals surface area contributed by atoms with Gasteiger partial charge in [0.15, 0.2) is 0 Å². The lowest BCUT2D eigenvalue weighted by atomic mass is 10.0. The van der Waals surface area contributed by atoms with Crippen molar-refractivity contribution in [3.05, 3.63) is 76.5 Å². The molecule has 2 heterocycles. The molecule has 6 rings (SSSR count). The first-order valence-electron chi connectivity index (χ1n) is 12.4. The minimum Gasteiger partial charge on any atom is -0.380 e. The van der Waals surface area contributed by atoms with Gasteiger partial charge < -0.3 is 16.1 Å². The van der Waals surface area contributed by atoms with Gasteiger partial charge in [-0.2, -0.15) is 5.26 Å². The second-order valence-corrected chi connectivity index (χ2v) is 10.2. The summed E-state index contributed by atoms with van der Waals surface area (Å²) >= 11 is 6.71. The molecule has 0 radical (unpaired) electrons. The number of nitriles is 1. The summed E-state index contributed by atoms with van der Waals surface area (Å²) in [6.45, 7) is 2.18. The van der Waals surface area contributed by atoms with Crippen LogP contribution in [0.5, 0.6) is 0 Å². The number of nitrogens with zero attached hydrogens (tertiary/aromatic N) is 3. The van der Waals surface area contributed by atoms with E-state index in [9.17, 15) is 9.65 Å². The Hall–Kier alpha value is -3.54. The van der Waals surface area contributed by atoms with E-state index in [1.165, 1.54) is 12.1 Å². The number of aromatic nitrogens is 1. The Bertz CT molecular complexity index is 1380. The SMILES string of the molecule is CC[C@@H]1C[C@H]1Nc1c(C#N)cnc2c(Cl)cc(NC(C3=CN(C4CC4)NN3)c3ccc(F)cc3)cc12. The number of pyridine rings is 1. The summed E-state index contributed by atoms with van der Waals surface area (Å²) in [6.07, 6.45) is 8.13. The number of fused-ring (bicyclic) bond motifs is 1. The van der Waals surface area contributed by atoms with Crippen LogP contribution in [0.3, 0.4) is 0 Å². The smallest absolute Gasteiger partial charge is 0.123 e. The molecule has 2 aliphatic carbocycles. The Kier molecular flexibility index (Phi) is 5.82. The van der Waals surface area contributed by atoms with Crippen molar-refractivity contribution in [1.82, 2.24) is 21.0 Å². The van der Waals surface area contributed by atoms with Crippen LogP contribution in [-0.2, 0) is 0 Å². The third kappa shape index (κ3) is 4.41. The maximum absolute atomic E-state index is 13.7. The quantitative estimate of drug-likeness (QED) is 0.318. The monoisotopic (exact) mass is 503 g/mol. The molecule has 1 unspecified atom stereocenters. The van der Waals surface area contributed by atoms with Crippen LogP contribution in [0.15, 0.2) is 54.5 Å². The lowest BCUT2D eigenvalue weighted by molar-refractivity contribution is 0.260. The van der Waals surface area contributed by atoms with E-state index < -0.39 is 0 Å². The average Bonchev–Trinajstić information content (AvgIpc) is 3.82. The topological polar surface area (TPSA) is 88.0 Å². The van der Waals surface area contributed by atoms with E-state index in [4.69, 9.17) is 11.6 Å². The molecule has 1 aromatic heterocycles. The van der Waals surface area contributed by atoms with Gasteiger partial charge in [0, 0.05) is 35.6 Å². The molecule has 2 aromatic carbocycles. The van der Waals surface area contributed by atoms with Gasteiger partial charge in [-0.1, -0.05) is 37.1 Å². The van der Waals surface area contributed by atoms with Crippen molar-refractivity contribution in [3.63, 3.8) is 0 Å². The number of nitrogens with one attached hydrogen (secondary N) is 4. The van der Waals surface area contributed by atoms with Gasteiger partial charge in [-0.05, 0) is 55.0 Å². The molecular weight excluding hydrogens is 477 g/mol. The van der Waals surface area contributed by atoms with Crippen LogP contribution < -0.4 is 21.6 Å². The number of anilines is 2. The first kappa shape index (κ1) is 22.9. The molecule has 3 atom stereocenters. The van der Waals surface area contributed by atoms with Crippen LogP contribution in [0.2, 0.25) is 5.02 Å². The zero-order valence-corrected chi connectivity index (χ0v) is 20.6. The second kappa shape index (κ2) is 9.16. The Morgan fingerprint density at radius 3 is 2.78 bits per heavy atom. The van der Waals surface area contributed by atoms with Gasteiger partial charge >= 0.3 is 0 Å². The summed E-state index contributed by atoms with van der Waals surface area (Å²) in [5, 5.41) is 20.3. The van der Waals surface area contributed by atoms with Gasteiger partial charge in [-0.25, -0.2) is 4.39 Å². The Morgan fingerprint density at radius 1 is 1.28 bits per heavy atom. The highest BCUT2D eigenvalue weighted by molar-refractivity contribution is 6.35. The van der Waals surface area contributed by atoms with Crippen LogP contribution in [-0.4, -0.2) is 22.1 Å². The van der Waals surface area contributed by atoms with E-state index in [1.807, 2.05) is 12.1 Å². The summed E-state index contributed by atoms with van der Waals surface area (Å²) in [5.41, 5.74) is 11.0. The molecule has 4 N–H and O–H groups in total. The maximum Gasteiger partial charge on any atom is 0.123 e. The standard InChI is InChI=1S/C27H27ClFN7/c1-2-15-9-23(15)33-25-17(12-30)13-31-27-21(25)10-19(11-22(27)28)32-26(16-3-5-18(29)6-4-16)24-14-36(35-34-24)20-7-8-20/h3-6,10-11,13-15,20,23,26,32,34-35H,2,7-9H2,1H3,(H,31,33)/t15-,23-,26?/m1/s1. The molecule has 1 aliphatic heterocycles. The molecule has 2 fully saturated rings. The highest BCUT2D eigenvalue weighted by Gasteiger charge is 2.36. The first-order chi connectivity index (χ1) is 17.5. The maximum atomic E-state index is 13.7. The first-order valence-corrected chi connectivity index (χ1v) is 12.7. The number of benzene rings is 2. The average molecular weight is 504 g/mol. The Balaban J connectivity index is 1.39. The molecule has 0 spiro atoms. The molecular formula is C27H27ClFN7. The van der Waals surface area contributed by atoms with Crippen LogP contribution >= 0.6 is 11.6 Å². The summed E-state index contributed by atoms with van der Waals surface area (Å²) in [5.74, 6) is 0.329. The van der Waals surface area contributed by atoms with E-state index in [0.29, 0.717) is 34.1 Å². The molecule has 0 saturated heterocycles. The highest BCUT2D eigenvalue weighted by Crippen LogP contribution is 2.41. The van der Waals surface area contributed by atoms with Gasteiger partial charge in [0.2, 0.25) is 0 Å². The van der Waals surface area contributed by atoms with Gasteiger partial charge in [-0.3, -0.25) is 9.99 Å². The molecule has 3 aromatic rings. The fraction of sp³-hybridized carbons (Fsp3) is 0.333. The summed E-state index contributed by atoms with van der Waals surface area (Å²) in [7, 11) is 0. The van der Waals surface area contributed by atoms with Crippen molar-refractivity contribution in [2.24, 2.45) is 5.92 Å². The predicted octanol–water partition coefficient (Wildman–Crippen LogP) is 5.59. The number of rotatable bonds is 8. The third-order valence-electron chi connectivity index (χ3n) is 7.20.